The van der Waals surface area contributed by atoms with E-state index in [1.165, 1.54) is 60.6 Å². The van der Waals surface area contributed by atoms with Crippen LogP contribution < -0.4 is 5.32 Å². The Morgan fingerprint density at radius 1 is 1.00 bits per heavy atom. The lowest BCUT2D eigenvalue weighted by Gasteiger charge is -2.57. The number of hydrogen-bond acceptors (Lipinski definition) is 2. The third-order valence-electron chi connectivity index (χ3n) is 7.87. The number of para-hydroxylation sites is 1. The van der Waals surface area contributed by atoms with Crippen molar-refractivity contribution in [2.75, 3.05) is 0 Å². The molecule has 2 aromatic rings. The lowest BCUT2D eigenvalue weighted by Crippen LogP contribution is -2.57. The SMILES string of the molecule is CC1=C(C)C(c2cc3ccccc3[nH]2)=NC1=CNC12CC3CC(CC(C3)C1)C2. The number of nitrogens with zero attached hydrogens (tertiary/aromatic N) is 1. The summed E-state index contributed by atoms with van der Waals surface area (Å²) in [6.45, 7) is 4.41. The summed E-state index contributed by atoms with van der Waals surface area (Å²) in [5.41, 5.74) is 7.42. The molecule has 3 heteroatoms. The van der Waals surface area contributed by atoms with Crippen LogP contribution in [0.1, 0.15) is 58.1 Å². The van der Waals surface area contributed by atoms with Crippen molar-refractivity contribution in [2.24, 2.45) is 22.7 Å². The Morgan fingerprint density at radius 3 is 2.36 bits per heavy atom. The number of fused-ring (bicyclic) bond motifs is 1. The van der Waals surface area contributed by atoms with Gasteiger partial charge in [0.05, 0.1) is 17.1 Å². The van der Waals surface area contributed by atoms with Crippen LogP contribution in [0.2, 0.25) is 0 Å². The minimum Gasteiger partial charge on any atom is -0.384 e. The second kappa shape index (κ2) is 5.85. The van der Waals surface area contributed by atoms with Gasteiger partial charge in [0.25, 0.3) is 0 Å². The molecule has 4 saturated carbocycles. The first-order chi connectivity index (χ1) is 13.6. The highest BCUT2D eigenvalue weighted by molar-refractivity contribution is 6.16. The third-order valence-corrected chi connectivity index (χ3v) is 7.87. The predicted octanol–water partition coefficient (Wildman–Crippen LogP) is 5.71. The molecule has 144 valence electrons. The van der Waals surface area contributed by atoms with Crippen molar-refractivity contribution in [1.29, 1.82) is 0 Å². The van der Waals surface area contributed by atoms with E-state index in [1.54, 1.807) is 0 Å². The summed E-state index contributed by atoms with van der Waals surface area (Å²) in [6, 6.07) is 10.7. The van der Waals surface area contributed by atoms with Crippen LogP contribution in [0.15, 0.2) is 58.4 Å². The summed E-state index contributed by atoms with van der Waals surface area (Å²) in [5, 5.41) is 5.15. The van der Waals surface area contributed by atoms with Crippen molar-refractivity contribution in [3.8, 4) is 0 Å². The minimum absolute atomic E-state index is 0.343. The highest BCUT2D eigenvalue weighted by Gasteiger charge is 2.50. The zero-order valence-electron chi connectivity index (χ0n) is 16.9. The summed E-state index contributed by atoms with van der Waals surface area (Å²) < 4.78 is 0. The van der Waals surface area contributed by atoms with Gasteiger partial charge in [-0.3, -0.25) is 0 Å². The molecule has 0 spiro atoms. The van der Waals surface area contributed by atoms with Crippen molar-refractivity contribution in [2.45, 2.75) is 57.9 Å². The molecule has 0 amide bonds. The second-order valence-electron chi connectivity index (χ2n) is 9.85. The van der Waals surface area contributed by atoms with Crippen LogP contribution in [0.5, 0.6) is 0 Å². The smallest absolute Gasteiger partial charge is 0.0905 e. The molecule has 0 unspecified atom stereocenters. The van der Waals surface area contributed by atoms with Gasteiger partial charge in [0.2, 0.25) is 0 Å². The van der Waals surface area contributed by atoms with E-state index in [1.807, 2.05) is 0 Å². The molecule has 0 saturated heterocycles. The van der Waals surface area contributed by atoms with E-state index < -0.39 is 0 Å². The van der Waals surface area contributed by atoms with E-state index in [-0.39, 0.29) is 0 Å². The Kier molecular flexibility index (Phi) is 3.48. The lowest BCUT2D eigenvalue weighted by atomic mass is 9.53. The molecule has 2 heterocycles. The summed E-state index contributed by atoms with van der Waals surface area (Å²) in [6.07, 6.45) is 10.8. The first kappa shape index (κ1) is 16.6. The van der Waals surface area contributed by atoms with Crippen LogP contribution in [-0.4, -0.2) is 16.2 Å². The maximum absolute atomic E-state index is 5.04. The molecule has 1 aliphatic heterocycles. The highest BCUT2D eigenvalue weighted by atomic mass is 15.0. The van der Waals surface area contributed by atoms with Gasteiger partial charge in [0, 0.05) is 22.6 Å². The number of aliphatic imine (C=N–C) groups is 1. The highest BCUT2D eigenvalue weighted by Crippen LogP contribution is 2.55. The molecule has 4 bridgehead atoms. The fraction of sp³-hybridized carbons (Fsp3) is 0.480. The third kappa shape index (κ3) is 2.52. The van der Waals surface area contributed by atoms with Crippen LogP contribution in [0.25, 0.3) is 10.9 Å². The average Bonchev–Trinajstić information content (AvgIpc) is 3.21. The summed E-state index contributed by atoms with van der Waals surface area (Å²) >= 11 is 0. The zero-order valence-corrected chi connectivity index (χ0v) is 16.9. The van der Waals surface area contributed by atoms with E-state index in [2.05, 4.69) is 60.7 Å². The molecule has 28 heavy (non-hydrogen) atoms. The standard InChI is InChI=1S/C25H29N3/c1-15-16(2)24(22-10-20-5-3-4-6-21(20)27-22)28-23(15)14-26-25-11-17-7-18(12-25)9-19(8-17)13-25/h3-6,10,14,17-19,26-27H,7-9,11-13H2,1-2H3. The average molecular weight is 372 g/mol. The van der Waals surface area contributed by atoms with Crippen LogP contribution in [0, 0.1) is 17.8 Å². The van der Waals surface area contributed by atoms with Gasteiger partial charge in [-0.25, -0.2) is 4.99 Å². The van der Waals surface area contributed by atoms with Crippen LogP contribution in [0.3, 0.4) is 0 Å². The fourth-order valence-electron chi connectivity index (χ4n) is 6.77. The monoisotopic (exact) mass is 371 g/mol. The summed E-state index contributed by atoms with van der Waals surface area (Å²) in [4.78, 5) is 8.59. The zero-order chi connectivity index (χ0) is 18.9. The molecule has 1 aromatic heterocycles. The van der Waals surface area contributed by atoms with Gasteiger partial charge >= 0.3 is 0 Å². The minimum atomic E-state index is 0.343. The first-order valence-electron chi connectivity index (χ1n) is 10.9. The molecular weight excluding hydrogens is 342 g/mol. The number of benzene rings is 1. The molecule has 3 nitrogen and oxygen atoms in total. The lowest BCUT2D eigenvalue weighted by molar-refractivity contribution is -0.0130. The molecule has 5 aliphatic rings. The van der Waals surface area contributed by atoms with Crippen LogP contribution >= 0.6 is 0 Å². The quantitative estimate of drug-likeness (QED) is 0.713. The Bertz CT molecular complexity index is 980. The first-order valence-corrected chi connectivity index (χ1v) is 10.9. The van der Waals surface area contributed by atoms with Gasteiger partial charge in [-0.1, -0.05) is 18.2 Å². The van der Waals surface area contributed by atoms with Crippen molar-refractivity contribution >= 4 is 16.6 Å². The van der Waals surface area contributed by atoms with Gasteiger partial charge in [0.1, 0.15) is 0 Å². The molecule has 4 fully saturated rings. The van der Waals surface area contributed by atoms with E-state index >= 15 is 0 Å². The number of aromatic amines is 1. The van der Waals surface area contributed by atoms with E-state index in [0.29, 0.717) is 5.54 Å². The summed E-state index contributed by atoms with van der Waals surface area (Å²) in [7, 11) is 0. The Balaban J connectivity index is 1.30. The van der Waals surface area contributed by atoms with Gasteiger partial charge in [0.15, 0.2) is 0 Å². The Morgan fingerprint density at radius 2 is 1.68 bits per heavy atom. The van der Waals surface area contributed by atoms with Gasteiger partial charge in [-0.05, 0) is 93.4 Å². The number of nitrogens with one attached hydrogen (secondary N) is 2. The fourth-order valence-corrected chi connectivity index (χ4v) is 6.77. The van der Waals surface area contributed by atoms with Gasteiger partial charge in [-0.15, -0.1) is 0 Å². The number of allylic oxidation sites excluding steroid dienone is 2. The van der Waals surface area contributed by atoms with E-state index in [9.17, 15) is 0 Å². The Hall–Kier alpha value is -2.29. The number of hydrogen-bond donors (Lipinski definition) is 2. The topological polar surface area (TPSA) is 40.2 Å². The van der Waals surface area contributed by atoms with Gasteiger partial charge in [-0.2, -0.15) is 0 Å². The maximum atomic E-state index is 5.04. The van der Waals surface area contributed by atoms with Gasteiger partial charge < -0.3 is 10.3 Å². The molecule has 1 aromatic carbocycles. The van der Waals surface area contributed by atoms with Crippen LogP contribution in [-0.2, 0) is 0 Å². The van der Waals surface area contributed by atoms with E-state index in [4.69, 9.17) is 4.99 Å². The second-order valence-corrected chi connectivity index (χ2v) is 9.85. The molecule has 0 radical (unpaired) electrons. The molecule has 2 N–H and O–H groups in total. The molecular formula is C25H29N3. The van der Waals surface area contributed by atoms with Crippen molar-refractivity contribution < 1.29 is 0 Å². The Labute approximate surface area is 167 Å². The predicted molar refractivity (Wildman–Crippen MR) is 115 cm³/mol. The number of H-pyrrole nitrogens is 1. The summed E-state index contributed by atoms with van der Waals surface area (Å²) in [5.74, 6) is 2.89. The van der Waals surface area contributed by atoms with Crippen molar-refractivity contribution in [3.63, 3.8) is 0 Å². The molecule has 7 rings (SSSR count). The van der Waals surface area contributed by atoms with Crippen molar-refractivity contribution in [3.05, 3.63) is 59.1 Å². The molecule has 0 atom stereocenters. The maximum Gasteiger partial charge on any atom is 0.0905 e. The largest absolute Gasteiger partial charge is 0.384 e. The van der Waals surface area contributed by atoms with E-state index in [0.717, 1.165) is 34.9 Å². The van der Waals surface area contributed by atoms with Crippen molar-refractivity contribution in [1.82, 2.24) is 10.3 Å². The number of rotatable bonds is 3. The normalized spacial score (nSPS) is 35.3. The number of aromatic nitrogens is 1. The van der Waals surface area contributed by atoms with Crippen LogP contribution in [0.4, 0.5) is 0 Å². The molecule has 4 aliphatic carbocycles.